The minimum absolute atomic E-state index is 0.0124. The molecule has 0 unspecified atom stereocenters. The first-order valence-electron chi connectivity index (χ1n) is 6.31. The summed E-state index contributed by atoms with van der Waals surface area (Å²) in [5.74, 6) is 0. The zero-order valence-corrected chi connectivity index (χ0v) is 12.9. The summed E-state index contributed by atoms with van der Waals surface area (Å²) in [6, 6.07) is 3.52. The average Bonchev–Trinajstić information content (AvgIpc) is 2.39. The van der Waals surface area contributed by atoms with Crippen LogP contribution in [0.4, 0.5) is 5.69 Å². The molecule has 0 spiro atoms. The van der Waals surface area contributed by atoms with E-state index in [1.807, 2.05) is 0 Å². The van der Waals surface area contributed by atoms with E-state index < -0.39 is 10.0 Å². The maximum atomic E-state index is 12.7. The zero-order chi connectivity index (χ0) is 15.3. The number of anilines is 1. The third-order valence-electron chi connectivity index (χ3n) is 3.10. The van der Waals surface area contributed by atoms with Gasteiger partial charge in [-0.15, -0.1) is 0 Å². The molecule has 0 aliphatic carbocycles. The van der Waals surface area contributed by atoms with E-state index in [-0.39, 0.29) is 36.9 Å². The Kier molecular flexibility index (Phi) is 5.94. The van der Waals surface area contributed by atoms with Gasteiger partial charge in [-0.3, -0.25) is 0 Å². The molecule has 0 amide bonds. The largest absolute Gasteiger partial charge is 0.397 e. The van der Waals surface area contributed by atoms with Crippen molar-refractivity contribution >= 4 is 15.7 Å². The van der Waals surface area contributed by atoms with Crippen molar-refractivity contribution in [3.63, 3.8) is 0 Å². The summed E-state index contributed by atoms with van der Waals surface area (Å²) in [4.78, 5) is 0.113. The van der Waals surface area contributed by atoms with Gasteiger partial charge < -0.3 is 15.6 Å². The molecule has 0 fully saturated rings. The van der Waals surface area contributed by atoms with Gasteiger partial charge in [0.2, 0.25) is 10.0 Å². The summed E-state index contributed by atoms with van der Waals surface area (Å²) in [5.41, 5.74) is 7.49. The number of aliphatic hydroxyl groups excluding tert-OH is 1. The topological polar surface area (TPSA) is 92.9 Å². The molecule has 20 heavy (non-hydrogen) atoms. The number of aryl methyl sites for hydroxylation is 2. The second-order valence-electron chi connectivity index (χ2n) is 4.56. The Morgan fingerprint density at radius 2 is 1.85 bits per heavy atom. The minimum Gasteiger partial charge on any atom is -0.397 e. The van der Waals surface area contributed by atoms with E-state index in [1.54, 1.807) is 26.0 Å². The molecule has 0 aromatic heterocycles. The van der Waals surface area contributed by atoms with Crippen molar-refractivity contribution in [2.24, 2.45) is 0 Å². The summed E-state index contributed by atoms with van der Waals surface area (Å²) in [6.45, 7) is 3.65. The summed E-state index contributed by atoms with van der Waals surface area (Å²) in [6.07, 6.45) is 0. The Bertz CT molecular complexity index is 558. The molecule has 0 bridgehead atoms. The monoisotopic (exact) mass is 302 g/mol. The molecule has 0 saturated heterocycles. The van der Waals surface area contributed by atoms with Crippen LogP contribution >= 0.6 is 0 Å². The summed E-state index contributed by atoms with van der Waals surface area (Å²) < 4.78 is 31.5. The van der Waals surface area contributed by atoms with E-state index in [0.29, 0.717) is 11.1 Å². The zero-order valence-electron chi connectivity index (χ0n) is 12.1. The van der Waals surface area contributed by atoms with Gasteiger partial charge >= 0.3 is 0 Å². The van der Waals surface area contributed by atoms with Crippen LogP contribution < -0.4 is 5.73 Å². The van der Waals surface area contributed by atoms with Crippen LogP contribution in [-0.2, 0) is 14.8 Å². The second-order valence-corrected chi connectivity index (χ2v) is 6.44. The van der Waals surface area contributed by atoms with Gasteiger partial charge in [0.25, 0.3) is 0 Å². The Hall–Kier alpha value is -1.15. The molecule has 7 heteroatoms. The number of aliphatic hydroxyl groups is 1. The molecule has 6 nitrogen and oxygen atoms in total. The number of rotatable bonds is 7. The lowest BCUT2D eigenvalue weighted by molar-refractivity contribution is 0.168. The van der Waals surface area contributed by atoms with E-state index in [2.05, 4.69) is 0 Å². The van der Waals surface area contributed by atoms with Crippen molar-refractivity contribution in [1.29, 1.82) is 0 Å². The predicted octanol–water partition coefficient (Wildman–Crippen LogP) is 0.515. The van der Waals surface area contributed by atoms with Crippen molar-refractivity contribution in [1.82, 2.24) is 4.31 Å². The fraction of sp³-hybridized carbons (Fsp3) is 0.538. The molecule has 0 aliphatic rings. The normalized spacial score (nSPS) is 12.1. The lowest BCUT2D eigenvalue weighted by Gasteiger charge is -2.23. The van der Waals surface area contributed by atoms with Crippen LogP contribution in [0, 0.1) is 13.8 Å². The minimum atomic E-state index is -3.75. The first-order valence-corrected chi connectivity index (χ1v) is 7.76. The number of hydrogen-bond acceptors (Lipinski definition) is 5. The predicted molar refractivity (Wildman–Crippen MR) is 78.0 cm³/mol. The van der Waals surface area contributed by atoms with E-state index in [1.165, 1.54) is 11.4 Å². The summed E-state index contributed by atoms with van der Waals surface area (Å²) in [7, 11) is -2.25. The summed E-state index contributed by atoms with van der Waals surface area (Å²) >= 11 is 0. The third kappa shape index (κ3) is 3.49. The molecule has 1 aromatic carbocycles. The number of sulfonamides is 1. The van der Waals surface area contributed by atoms with Gasteiger partial charge in [0, 0.05) is 20.2 Å². The number of methoxy groups -OCH3 is 1. The van der Waals surface area contributed by atoms with Gasteiger partial charge in [-0.1, -0.05) is 12.1 Å². The Labute approximate surface area is 120 Å². The molecule has 1 aromatic rings. The molecule has 0 atom stereocenters. The van der Waals surface area contributed by atoms with Gasteiger partial charge in [-0.25, -0.2) is 8.42 Å². The highest BCUT2D eigenvalue weighted by atomic mass is 32.2. The van der Waals surface area contributed by atoms with Crippen LogP contribution in [0.5, 0.6) is 0 Å². The van der Waals surface area contributed by atoms with Crippen LogP contribution in [0.3, 0.4) is 0 Å². The van der Waals surface area contributed by atoms with Gasteiger partial charge in [0.1, 0.15) is 4.90 Å². The summed E-state index contributed by atoms with van der Waals surface area (Å²) in [5, 5.41) is 9.06. The van der Waals surface area contributed by atoms with E-state index in [4.69, 9.17) is 15.6 Å². The number of ether oxygens (including phenoxy) is 1. The maximum Gasteiger partial charge on any atom is 0.245 e. The van der Waals surface area contributed by atoms with Crippen LogP contribution in [0.2, 0.25) is 0 Å². The van der Waals surface area contributed by atoms with Gasteiger partial charge in [0.15, 0.2) is 0 Å². The van der Waals surface area contributed by atoms with Gasteiger partial charge in [-0.05, 0) is 25.0 Å². The molecular formula is C13H22N2O4S. The van der Waals surface area contributed by atoms with Gasteiger partial charge in [-0.2, -0.15) is 4.31 Å². The number of nitrogens with zero attached hydrogens (tertiary/aromatic N) is 1. The van der Waals surface area contributed by atoms with Crippen LogP contribution in [0.25, 0.3) is 0 Å². The lowest BCUT2D eigenvalue weighted by Crippen LogP contribution is -2.37. The number of nitrogen functional groups attached to an aromatic ring is 1. The fourth-order valence-corrected chi connectivity index (χ4v) is 3.74. The Morgan fingerprint density at radius 3 is 2.40 bits per heavy atom. The van der Waals surface area contributed by atoms with Crippen LogP contribution in [0.1, 0.15) is 11.1 Å². The number of benzene rings is 1. The van der Waals surface area contributed by atoms with E-state index in [0.717, 1.165) is 0 Å². The van der Waals surface area contributed by atoms with Crippen molar-refractivity contribution in [3.05, 3.63) is 23.3 Å². The molecule has 114 valence electrons. The van der Waals surface area contributed by atoms with E-state index in [9.17, 15) is 8.42 Å². The lowest BCUT2D eigenvalue weighted by atomic mass is 10.1. The standard InChI is InChI=1S/C13H22N2O4S/c1-10-4-5-11(2)13(12(10)14)20(17,18)15(6-8-16)7-9-19-3/h4-5,16H,6-9,14H2,1-3H3. The Balaban J connectivity index is 3.29. The van der Waals surface area contributed by atoms with Crippen molar-refractivity contribution in [2.45, 2.75) is 18.7 Å². The highest BCUT2D eigenvalue weighted by Gasteiger charge is 2.28. The second kappa shape index (κ2) is 7.03. The number of nitrogens with two attached hydrogens (primary N) is 1. The SMILES string of the molecule is COCCN(CCO)S(=O)(=O)c1c(C)ccc(C)c1N. The Morgan fingerprint density at radius 1 is 1.25 bits per heavy atom. The molecule has 1 rings (SSSR count). The van der Waals surface area contributed by atoms with Crippen molar-refractivity contribution in [3.8, 4) is 0 Å². The molecule has 3 N–H and O–H groups in total. The highest BCUT2D eigenvalue weighted by molar-refractivity contribution is 7.89. The molecular weight excluding hydrogens is 280 g/mol. The van der Waals surface area contributed by atoms with Crippen LogP contribution in [0.15, 0.2) is 17.0 Å². The molecule has 0 heterocycles. The quantitative estimate of drug-likeness (QED) is 0.716. The first kappa shape index (κ1) is 16.9. The highest BCUT2D eigenvalue weighted by Crippen LogP contribution is 2.28. The fourth-order valence-electron chi connectivity index (χ4n) is 1.94. The smallest absolute Gasteiger partial charge is 0.245 e. The van der Waals surface area contributed by atoms with Crippen molar-refractivity contribution < 1.29 is 18.3 Å². The van der Waals surface area contributed by atoms with Crippen molar-refractivity contribution in [2.75, 3.05) is 39.1 Å². The average molecular weight is 302 g/mol. The molecule has 0 radical (unpaired) electrons. The van der Waals surface area contributed by atoms with Gasteiger partial charge in [0.05, 0.1) is 18.9 Å². The van der Waals surface area contributed by atoms with Crippen LogP contribution in [-0.4, -0.2) is 51.2 Å². The molecule has 0 aliphatic heterocycles. The first-order chi connectivity index (χ1) is 9.36. The third-order valence-corrected chi connectivity index (χ3v) is 5.21. The van der Waals surface area contributed by atoms with E-state index >= 15 is 0 Å². The number of hydrogen-bond donors (Lipinski definition) is 2. The molecule has 0 saturated carbocycles. The maximum absolute atomic E-state index is 12.7.